The van der Waals surface area contributed by atoms with Crippen LogP contribution in [0.1, 0.15) is 329 Å². The maximum absolute atomic E-state index is 12.9. The number of ether oxygens (including phenoxy) is 3. The number of carbonyl (C=O) groups is 3. The van der Waals surface area contributed by atoms with Crippen LogP contribution < -0.4 is 0 Å². The van der Waals surface area contributed by atoms with Gasteiger partial charge < -0.3 is 14.2 Å². The average Bonchev–Trinajstić information content (AvgIpc) is 3.37. The molecule has 0 aliphatic carbocycles. The Hall–Kier alpha value is -2.63. The molecule has 0 aliphatic heterocycles. The van der Waals surface area contributed by atoms with Crippen molar-refractivity contribution in [2.24, 2.45) is 0 Å². The highest BCUT2D eigenvalue weighted by Crippen LogP contribution is 2.16. The Kier molecular flexibility index (Phi) is 57.7. The lowest BCUT2D eigenvalue weighted by atomic mass is 10.1. The summed E-state index contributed by atoms with van der Waals surface area (Å²) in [6.07, 6.45) is 73.9. The van der Waals surface area contributed by atoms with Crippen LogP contribution >= 0.6 is 0 Å². The number of unbranched alkanes of at least 4 members (excludes halogenated alkanes) is 38. The zero-order valence-electron chi connectivity index (χ0n) is 47.5. The molecule has 1 unspecified atom stereocenters. The van der Waals surface area contributed by atoms with Crippen molar-refractivity contribution >= 4 is 17.9 Å². The number of hydrogen-bond acceptors (Lipinski definition) is 6. The van der Waals surface area contributed by atoms with Crippen molar-refractivity contribution < 1.29 is 28.6 Å². The highest BCUT2D eigenvalue weighted by Gasteiger charge is 2.19. The van der Waals surface area contributed by atoms with Crippen molar-refractivity contribution in [3.8, 4) is 0 Å². The van der Waals surface area contributed by atoms with E-state index >= 15 is 0 Å². The lowest BCUT2D eigenvalue weighted by molar-refractivity contribution is -0.167. The smallest absolute Gasteiger partial charge is 0.306 e. The maximum Gasteiger partial charge on any atom is 0.306 e. The monoisotopic (exact) mass is 995 g/mol. The molecule has 414 valence electrons. The van der Waals surface area contributed by atoms with Gasteiger partial charge in [0.2, 0.25) is 0 Å². The van der Waals surface area contributed by atoms with Gasteiger partial charge in [-0.2, -0.15) is 0 Å². The van der Waals surface area contributed by atoms with Crippen LogP contribution in [-0.2, 0) is 28.6 Å². The Morgan fingerprint density at radius 3 is 0.817 bits per heavy atom. The molecular weight excluding hydrogens is 877 g/mol. The van der Waals surface area contributed by atoms with Crippen LogP contribution in [0.2, 0.25) is 0 Å². The molecule has 0 radical (unpaired) electrons. The quantitative estimate of drug-likeness (QED) is 0.0261. The summed E-state index contributed by atoms with van der Waals surface area (Å²) in [6.45, 7) is 6.64. The first kappa shape index (κ1) is 68.4. The lowest BCUT2D eigenvalue weighted by Crippen LogP contribution is -2.30. The van der Waals surface area contributed by atoms with Gasteiger partial charge in [0.05, 0.1) is 0 Å². The van der Waals surface area contributed by atoms with E-state index in [0.717, 1.165) is 70.6 Å². The molecule has 0 aromatic carbocycles. The fraction of sp³-hybridized carbons (Fsp3) is 0.831. The van der Waals surface area contributed by atoms with E-state index in [1.54, 1.807) is 0 Å². The molecule has 0 rings (SSSR count). The molecule has 0 aliphatic rings. The molecule has 0 heterocycles. The van der Waals surface area contributed by atoms with E-state index in [1.807, 2.05) is 0 Å². The van der Waals surface area contributed by atoms with Crippen molar-refractivity contribution in [1.82, 2.24) is 0 Å². The Morgan fingerprint density at radius 1 is 0.282 bits per heavy atom. The molecule has 6 nitrogen and oxygen atoms in total. The zero-order valence-corrected chi connectivity index (χ0v) is 47.5. The predicted molar refractivity (Wildman–Crippen MR) is 307 cm³/mol. The normalized spacial score (nSPS) is 12.3. The number of hydrogen-bond donors (Lipinski definition) is 0. The van der Waals surface area contributed by atoms with Crippen molar-refractivity contribution in [2.45, 2.75) is 335 Å². The maximum atomic E-state index is 12.9. The number of esters is 3. The Labute approximate surface area is 441 Å². The van der Waals surface area contributed by atoms with Gasteiger partial charge in [-0.1, -0.05) is 256 Å². The summed E-state index contributed by atoms with van der Waals surface area (Å²) >= 11 is 0. The van der Waals surface area contributed by atoms with Gasteiger partial charge in [-0.05, 0) is 103 Å². The van der Waals surface area contributed by atoms with E-state index in [-0.39, 0.29) is 31.1 Å². The minimum atomic E-state index is -0.779. The predicted octanol–water partition coefficient (Wildman–Crippen LogP) is 21.0. The topological polar surface area (TPSA) is 78.9 Å². The summed E-state index contributed by atoms with van der Waals surface area (Å²) in [5, 5.41) is 0. The molecule has 0 amide bonds. The van der Waals surface area contributed by atoms with Gasteiger partial charge >= 0.3 is 17.9 Å². The van der Waals surface area contributed by atoms with E-state index in [1.165, 1.54) is 218 Å². The van der Waals surface area contributed by atoms with Gasteiger partial charge in [-0.25, -0.2) is 0 Å². The average molecular weight is 996 g/mol. The summed E-state index contributed by atoms with van der Waals surface area (Å²) in [7, 11) is 0. The van der Waals surface area contributed by atoms with Crippen LogP contribution in [0, 0.1) is 0 Å². The standard InChI is InChI=1S/C65H118O6/c1-4-7-10-13-16-19-22-25-28-30-32-34-37-40-43-46-49-52-55-58-64(67)70-61-62(60-69-63(66)57-54-51-48-45-42-39-36-27-24-21-18-15-12-9-6-3)71-65(68)59-56-53-50-47-44-41-38-35-33-31-29-26-23-20-17-14-11-8-5-2/h16,19,25-29,36,62H,4-15,17-18,20-24,30-35,37-61H2,1-3H3/b19-16-,28-25-,29-26-,36-27-. The second-order valence-electron chi connectivity index (χ2n) is 21.0. The molecule has 0 saturated heterocycles. The number of allylic oxidation sites excluding steroid dienone is 8. The minimum absolute atomic E-state index is 0.0767. The molecule has 1 atom stereocenters. The Morgan fingerprint density at radius 2 is 0.507 bits per heavy atom. The number of carbonyl (C=O) groups excluding carboxylic acids is 3. The van der Waals surface area contributed by atoms with E-state index < -0.39 is 6.10 Å². The first-order valence-corrected chi connectivity index (χ1v) is 31.1. The molecular formula is C65H118O6. The van der Waals surface area contributed by atoms with Gasteiger partial charge in [-0.3, -0.25) is 14.4 Å². The zero-order chi connectivity index (χ0) is 51.4. The molecule has 0 fully saturated rings. The fourth-order valence-electron chi connectivity index (χ4n) is 9.05. The van der Waals surface area contributed by atoms with Crippen LogP contribution in [-0.4, -0.2) is 37.2 Å². The van der Waals surface area contributed by atoms with E-state index in [0.29, 0.717) is 19.3 Å². The lowest BCUT2D eigenvalue weighted by Gasteiger charge is -2.18. The van der Waals surface area contributed by atoms with Crippen LogP contribution in [0.5, 0.6) is 0 Å². The van der Waals surface area contributed by atoms with Gasteiger partial charge in [0, 0.05) is 19.3 Å². The van der Waals surface area contributed by atoms with E-state index in [9.17, 15) is 14.4 Å². The summed E-state index contributed by atoms with van der Waals surface area (Å²) in [4.78, 5) is 38.3. The Bertz CT molecular complexity index is 1230. The summed E-state index contributed by atoms with van der Waals surface area (Å²) in [6, 6.07) is 0. The molecule has 0 N–H and O–H groups in total. The first-order valence-electron chi connectivity index (χ1n) is 31.1. The van der Waals surface area contributed by atoms with Crippen molar-refractivity contribution in [3.05, 3.63) is 48.6 Å². The molecule has 0 aromatic rings. The molecule has 6 heteroatoms. The molecule has 0 aromatic heterocycles. The summed E-state index contributed by atoms with van der Waals surface area (Å²) in [5.41, 5.74) is 0. The van der Waals surface area contributed by atoms with Crippen LogP contribution in [0.15, 0.2) is 48.6 Å². The highest BCUT2D eigenvalue weighted by atomic mass is 16.6. The van der Waals surface area contributed by atoms with E-state index in [4.69, 9.17) is 14.2 Å². The first-order chi connectivity index (χ1) is 35.0. The van der Waals surface area contributed by atoms with E-state index in [2.05, 4.69) is 69.4 Å². The van der Waals surface area contributed by atoms with Gasteiger partial charge in [-0.15, -0.1) is 0 Å². The second-order valence-corrected chi connectivity index (χ2v) is 21.0. The third kappa shape index (κ3) is 58.1. The molecule has 0 spiro atoms. The fourth-order valence-corrected chi connectivity index (χ4v) is 9.05. The van der Waals surface area contributed by atoms with Gasteiger partial charge in [0.15, 0.2) is 6.10 Å². The minimum Gasteiger partial charge on any atom is -0.462 e. The molecule has 71 heavy (non-hydrogen) atoms. The SMILES string of the molecule is CCCCC/C=C\C/C=C\CCCCCCCCCCCC(=O)OCC(COC(=O)CCCCCCC/C=C\CCCCCCCC)OC(=O)CCCCCCCCCCC/C=C\CCCCCCCC. The van der Waals surface area contributed by atoms with Crippen LogP contribution in [0.25, 0.3) is 0 Å². The van der Waals surface area contributed by atoms with Gasteiger partial charge in [0.1, 0.15) is 13.2 Å². The highest BCUT2D eigenvalue weighted by molar-refractivity contribution is 5.71. The van der Waals surface area contributed by atoms with Gasteiger partial charge in [0.25, 0.3) is 0 Å². The van der Waals surface area contributed by atoms with Crippen molar-refractivity contribution in [1.29, 1.82) is 0 Å². The van der Waals surface area contributed by atoms with Crippen molar-refractivity contribution in [3.63, 3.8) is 0 Å². The summed E-state index contributed by atoms with van der Waals surface area (Å²) in [5.74, 6) is -0.873. The number of rotatable bonds is 57. The molecule has 0 saturated carbocycles. The van der Waals surface area contributed by atoms with Crippen LogP contribution in [0.4, 0.5) is 0 Å². The summed E-state index contributed by atoms with van der Waals surface area (Å²) < 4.78 is 16.9. The second kappa shape index (κ2) is 59.9. The van der Waals surface area contributed by atoms with Crippen molar-refractivity contribution in [2.75, 3.05) is 13.2 Å². The molecule has 0 bridgehead atoms. The third-order valence-corrected chi connectivity index (χ3v) is 13.8. The van der Waals surface area contributed by atoms with Crippen LogP contribution in [0.3, 0.4) is 0 Å². The third-order valence-electron chi connectivity index (χ3n) is 13.8. The largest absolute Gasteiger partial charge is 0.462 e. The Balaban J connectivity index is 4.36.